The Kier molecular flexibility index (Phi) is 21.7. The van der Waals surface area contributed by atoms with Gasteiger partial charge in [0.25, 0.3) is 0 Å². The molecular weight excluding hydrogens is 789 g/mol. The number of likely N-dealkylation sites (tertiary alicyclic amines) is 1. The van der Waals surface area contributed by atoms with E-state index in [-0.39, 0.29) is 86.4 Å². The number of aromatic nitrogens is 2. The van der Waals surface area contributed by atoms with Crippen molar-refractivity contribution < 1.29 is 38.1 Å². The number of hydrogen-bond donors (Lipinski definition) is 2. The van der Waals surface area contributed by atoms with Crippen molar-refractivity contribution in [2.75, 3.05) is 65.6 Å². The van der Waals surface area contributed by atoms with Crippen LogP contribution in [0.25, 0.3) is 0 Å². The third-order valence-electron chi connectivity index (χ3n) is 9.49. The van der Waals surface area contributed by atoms with Crippen LogP contribution in [-0.2, 0) is 14.2 Å². The van der Waals surface area contributed by atoms with Gasteiger partial charge in [-0.25, -0.2) is 14.4 Å². The first kappa shape index (κ1) is 48.6. The van der Waals surface area contributed by atoms with Crippen molar-refractivity contribution in [1.82, 2.24) is 35.3 Å². The Labute approximate surface area is 349 Å². The Balaban J connectivity index is 0.000000378. The van der Waals surface area contributed by atoms with Gasteiger partial charge in [-0.15, -0.1) is 37.2 Å². The zero-order valence-electron chi connectivity index (χ0n) is 32.7. The molecule has 2 aromatic rings. The van der Waals surface area contributed by atoms with Crippen LogP contribution >= 0.6 is 37.2 Å². The molecule has 0 aromatic carbocycles. The monoisotopic (exact) mass is 847 g/mol. The lowest BCUT2D eigenvalue weighted by Crippen LogP contribution is -2.59. The maximum absolute atomic E-state index is 12.9. The summed E-state index contributed by atoms with van der Waals surface area (Å²) in [6.45, 7) is 11.6. The average Bonchev–Trinajstić information content (AvgIpc) is 3.17. The topological polar surface area (TPSA) is 157 Å². The van der Waals surface area contributed by atoms with Crippen LogP contribution in [0.1, 0.15) is 65.7 Å². The highest BCUT2D eigenvalue weighted by Crippen LogP contribution is 2.22. The molecule has 4 aliphatic heterocycles. The summed E-state index contributed by atoms with van der Waals surface area (Å²) in [5.74, 6) is 1.35. The Morgan fingerprint density at radius 3 is 1.66 bits per heavy atom. The molecule has 6 heterocycles. The molecule has 0 bridgehead atoms. The van der Waals surface area contributed by atoms with Crippen molar-refractivity contribution in [3.8, 4) is 11.5 Å². The molecule has 2 N–H and O–H groups in total. The second-order valence-corrected chi connectivity index (χ2v) is 14.8. The third-order valence-corrected chi connectivity index (χ3v) is 9.49. The highest BCUT2D eigenvalue weighted by molar-refractivity contribution is 5.86. The number of pyridine rings is 2. The second-order valence-electron chi connectivity index (χ2n) is 14.8. The Hall–Kier alpha value is -3.50. The van der Waals surface area contributed by atoms with Gasteiger partial charge in [-0.3, -0.25) is 14.9 Å². The summed E-state index contributed by atoms with van der Waals surface area (Å²) in [7, 11) is 0. The van der Waals surface area contributed by atoms with Gasteiger partial charge in [-0.2, -0.15) is 0 Å². The van der Waals surface area contributed by atoms with Gasteiger partial charge in [0.05, 0.1) is 24.5 Å². The number of carbonyl (C=O) groups is 3. The molecule has 316 valence electrons. The number of nitrogens with zero attached hydrogens (tertiary/aromatic N) is 5. The van der Waals surface area contributed by atoms with Gasteiger partial charge in [0.15, 0.2) is 0 Å². The van der Waals surface area contributed by atoms with Gasteiger partial charge in [-0.05, 0) is 116 Å². The van der Waals surface area contributed by atoms with E-state index in [9.17, 15) is 14.4 Å². The van der Waals surface area contributed by atoms with E-state index < -0.39 is 5.60 Å². The molecule has 0 saturated carbocycles. The number of halogens is 3. The van der Waals surface area contributed by atoms with Gasteiger partial charge >= 0.3 is 18.3 Å². The number of ether oxygens (including phenoxy) is 5. The molecule has 0 spiro atoms. The average molecular weight is 849 g/mol. The fourth-order valence-corrected chi connectivity index (χ4v) is 6.64. The quantitative estimate of drug-likeness (QED) is 0.311. The molecule has 4 aliphatic rings. The number of nitrogens with one attached hydrogen (secondary N) is 2. The highest BCUT2D eigenvalue weighted by Gasteiger charge is 2.37. The number of hydrogen-bond acceptors (Lipinski definition) is 12. The van der Waals surface area contributed by atoms with Crippen molar-refractivity contribution in [3.63, 3.8) is 0 Å². The lowest BCUT2D eigenvalue weighted by molar-refractivity contribution is -0.0127. The normalized spacial score (nSPS) is 20.3. The molecule has 0 aliphatic carbocycles. The molecule has 4 saturated heterocycles. The van der Waals surface area contributed by atoms with E-state index in [0.717, 1.165) is 83.4 Å². The first-order valence-corrected chi connectivity index (χ1v) is 19.0. The summed E-state index contributed by atoms with van der Waals surface area (Å²) >= 11 is 0. The van der Waals surface area contributed by atoms with Crippen LogP contribution in [0.3, 0.4) is 0 Å². The molecule has 2 atom stereocenters. The molecule has 2 unspecified atom stereocenters. The van der Waals surface area contributed by atoms with Gasteiger partial charge in [0, 0.05) is 38.6 Å². The van der Waals surface area contributed by atoms with Crippen LogP contribution in [0, 0.1) is 0 Å². The number of amides is 3. The van der Waals surface area contributed by atoms with E-state index >= 15 is 0 Å². The molecule has 6 rings (SSSR count). The van der Waals surface area contributed by atoms with E-state index in [1.54, 1.807) is 46.7 Å². The lowest BCUT2D eigenvalue weighted by atomic mass is 10.0. The largest absolute Gasteiger partial charge is 0.490 e. The summed E-state index contributed by atoms with van der Waals surface area (Å²) in [5, 5.41) is 6.55. The van der Waals surface area contributed by atoms with Gasteiger partial charge < -0.3 is 44.1 Å². The fourth-order valence-electron chi connectivity index (χ4n) is 6.64. The molecule has 15 nitrogen and oxygen atoms in total. The van der Waals surface area contributed by atoms with E-state index in [0.29, 0.717) is 32.0 Å². The zero-order valence-corrected chi connectivity index (χ0v) is 35.1. The summed E-state index contributed by atoms with van der Waals surface area (Å²) in [5.41, 5.74) is -0.579. The Morgan fingerprint density at radius 2 is 1.18 bits per heavy atom. The Bertz CT molecular complexity index is 1420. The van der Waals surface area contributed by atoms with Crippen LogP contribution in [0.4, 0.5) is 14.4 Å². The maximum atomic E-state index is 12.9. The van der Waals surface area contributed by atoms with Crippen molar-refractivity contribution in [1.29, 1.82) is 0 Å². The predicted octanol–water partition coefficient (Wildman–Crippen LogP) is 5.74. The van der Waals surface area contributed by atoms with Gasteiger partial charge in [0.2, 0.25) is 0 Å². The molecule has 3 amide bonds. The second kappa shape index (κ2) is 25.0. The zero-order chi connectivity index (χ0) is 37.5. The number of rotatable bonds is 8. The van der Waals surface area contributed by atoms with Crippen LogP contribution in [0.5, 0.6) is 11.5 Å². The van der Waals surface area contributed by atoms with E-state index in [1.165, 1.54) is 0 Å². The van der Waals surface area contributed by atoms with Crippen molar-refractivity contribution >= 4 is 55.5 Å². The fraction of sp³-hybridized carbons (Fsp3) is 0.658. The minimum Gasteiger partial charge on any atom is -0.490 e. The predicted molar refractivity (Wildman–Crippen MR) is 219 cm³/mol. The van der Waals surface area contributed by atoms with Crippen molar-refractivity contribution in [2.45, 2.75) is 95.6 Å². The van der Waals surface area contributed by atoms with Crippen molar-refractivity contribution in [3.05, 3.63) is 49.1 Å². The molecule has 0 radical (unpaired) electrons. The van der Waals surface area contributed by atoms with Gasteiger partial charge in [-0.1, -0.05) is 0 Å². The highest BCUT2D eigenvalue weighted by atomic mass is 35.5. The summed E-state index contributed by atoms with van der Waals surface area (Å²) in [6.07, 6.45) is 12.3. The standard InChI is InChI=1S/C21H32N4O5.C17H25N3O3.3ClH/c1-21(2,3)30-19(26)24-11-12-25(20(27)29-17-6-9-22-10-7-17)16(14-24)15-28-18-5-4-8-23-13-18;21-17(23-15-6-9-18-10-7-15)20-11-2-1-4-14(20)13-22-16-5-3-8-19-12-16;;;/h4-5,8,13,16-17,22H,6-7,9-12,14-15H2,1-3H3;3,5,8,12,14-15,18H,1-2,4,6-7,9-11,13H2;3*1H. The number of piperazine rings is 1. The van der Waals surface area contributed by atoms with Crippen LogP contribution in [0.2, 0.25) is 0 Å². The minimum absolute atomic E-state index is 0. The summed E-state index contributed by atoms with van der Waals surface area (Å²) < 4.78 is 28.6. The Morgan fingerprint density at radius 1 is 0.679 bits per heavy atom. The molecular formula is C38H60Cl3N7O8. The van der Waals surface area contributed by atoms with Gasteiger partial charge in [0.1, 0.15) is 42.5 Å². The maximum Gasteiger partial charge on any atom is 0.410 e. The molecule has 18 heteroatoms. The van der Waals surface area contributed by atoms with Crippen LogP contribution < -0.4 is 20.1 Å². The number of carbonyl (C=O) groups excluding carboxylic acids is 3. The van der Waals surface area contributed by atoms with Crippen LogP contribution in [-0.4, -0.2) is 138 Å². The third kappa shape index (κ3) is 16.2. The first-order chi connectivity index (χ1) is 25.6. The smallest absolute Gasteiger partial charge is 0.410 e. The summed E-state index contributed by atoms with van der Waals surface area (Å²) in [4.78, 5) is 51.1. The minimum atomic E-state index is -0.579. The van der Waals surface area contributed by atoms with Crippen LogP contribution in [0.15, 0.2) is 49.1 Å². The van der Waals surface area contributed by atoms with E-state index in [4.69, 9.17) is 23.7 Å². The number of piperidine rings is 3. The summed E-state index contributed by atoms with van der Waals surface area (Å²) in [6, 6.07) is 7.05. The van der Waals surface area contributed by atoms with Crippen molar-refractivity contribution in [2.24, 2.45) is 0 Å². The lowest BCUT2D eigenvalue weighted by Gasteiger charge is -2.41. The molecule has 2 aromatic heterocycles. The molecule has 56 heavy (non-hydrogen) atoms. The SMILES string of the molecule is CC(C)(C)OC(=O)N1CCN(C(=O)OC2CCNCC2)C(COc2cccnc2)C1.Cl.Cl.Cl.O=C(OC1CCNCC1)N1CCCCC1COc1cccnc1. The molecule has 4 fully saturated rings. The first-order valence-electron chi connectivity index (χ1n) is 19.0. The van der Waals surface area contributed by atoms with E-state index in [1.807, 2.05) is 37.8 Å². The van der Waals surface area contributed by atoms with E-state index in [2.05, 4.69) is 20.6 Å².